The number of benzene rings is 1. The molecule has 1 aliphatic rings. The van der Waals surface area contributed by atoms with Gasteiger partial charge >= 0.3 is 0 Å². The summed E-state index contributed by atoms with van der Waals surface area (Å²) in [4.78, 5) is 14.0. The lowest BCUT2D eigenvalue weighted by atomic mass is 9.96. The number of piperidine rings is 1. The van der Waals surface area contributed by atoms with E-state index in [1.807, 2.05) is 6.92 Å². The number of carbonyl (C=O) groups excluding carboxylic acids is 1. The molecule has 4 heteroatoms. The summed E-state index contributed by atoms with van der Waals surface area (Å²) in [5, 5.41) is 9.79. The summed E-state index contributed by atoms with van der Waals surface area (Å²) in [6.45, 7) is 4.11. The van der Waals surface area contributed by atoms with E-state index in [1.165, 1.54) is 12.1 Å². The Morgan fingerprint density at radius 2 is 2.21 bits per heavy atom. The molecule has 3 nitrogen and oxygen atoms in total. The first-order chi connectivity index (χ1) is 9.08. The van der Waals surface area contributed by atoms with Gasteiger partial charge in [-0.2, -0.15) is 0 Å². The van der Waals surface area contributed by atoms with E-state index in [2.05, 4.69) is 4.90 Å². The minimum atomic E-state index is -0.459. The SMILES string of the molecule is CC1CCN(CCC(=O)c2ccccc2F)CC1O. The molecular weight excluding hydrogens is 245 g/mol. The Hall–Kier alpha value is -1.26. The number of likely N-dealkylation sites (tertiary alicyclic amines) is 1. The number of nitrogens with zero attached hydrogens (tertiary/aromatic N) is 1. The van der Waals surface area contributed by atoms with Crippen molar-refractivity contribution in [2.45, 2.75) is 25.9 Å². The first kappa shape index (κ1) is 14.2. The van der Waals surface area contributed by atoms with Crippen LogP contribution in [0.1, 0.15) is 30.1 Å². The van der Waals surface area contributed by atoms with E-state index in [0.717, 1.165) is 13.0 Å². The Kier molecular flexibility index (Phi) is 4.66. The molecule has 0 aromatic heterocycles. The molecule has 2 rings (SSSR count). The fourth-order valence-electron chi connectivity index (χ4n) is 2.40. The molecule has 104 valence electrons. The third-order valence-corrected chi connectivity index (χ3v) is 3.83. The van der Waals surface area contributed by atoms with E-state index in [-0.39, 0.29) is 17.5 Å². The zero-order chi connectivity index (χ0) is 13.8. The lowest BCUT2D eigenvalue weighted by Gasteiger charge is -2.34. The van der Waals surface area contributed by atoms with Crippen LogP contribution < -0.4 is 0 Å². The number of Topliss-reactive ketones (excluding diaryl/α,β-unsaturated/α-hetero) is 1. The summed E-state index contributed by atoms with van der Waals surface area (Å²) in [6, 6.07) is 6.07. The number of ketones is 1. The number of aliphatic hydroxyl groups is 1. The van der Waals surface area contributed by atoms with Crippen LogP contribution in [0.15, 0.2) is 24.3 Å². The Balaban J connectivity index is 1.86. The number of halogens is 1. The number of hydrogen-bond donors (Lipinski definition) is 1. The number of rotatable bonds is 4. The standard InChI is InChI=1S/C15H20FNO2/c1-11-6-8-17(10-15(11)19)9-7-14(18)12-4-2-3-5-13(12)16/h2-5,11,15,19H,6-10H2,1H3. The van der Waals surface area contributed by atoms with Crippen molar-refractivity contribution < 1.29 is 14.3 Å². The van der Waals surface area contributed by atoms with Gasteiger partial charge in [-0.15, -0.1) is 0 Å². The highest BCUT2D eigenvalue weighted by Crippen LogP contribution is 2.17. The number of hydrogen-bond acceptors (Lipinski definition) is 3. The van der Waals surface area contributed by atoms with Crippen LogP contribution in [0.4, 0.5) is 4.39 Å². The van der Waals surface area contributed by atoms with Gasteiger partial charge in [0.05, 0.1) is 11.7 Å². The molecule has 1 heterocycles. The number of carbonyl (C=O) groups is 1. The van der Waals surface area contributed by atoms with Crippen molar-refractivity contribution in [3.63, 3.8) is 0 Å². The first-order valence-electron chi connectivity index (χ1n) is 6.76. The van der Waals surface area contributed by atoms with Crippen molar-refractivity contribution in [1.29, 1.82) is 0 Å². The van der Waals surface area contributed by atoms with E-state index < -0.39 is 5.82 Å². The van der Waals surface area contributed by atoms with Crippen molar-refractivity contribution in [1.82, 2.24) is 4.90 Å². The molecule has 1 aromatic rings. The molecule has 2 atom stereocenters. The molecule has 2 unspecified atom stereocenters. The molecule has 1 fully saturated rings. The quantitative estimate of drug-likeness (QED) is 0.848. The summed E-state index contributed by atoms with van der Waals surface area (Å²) in [5.41, 5.74) is 0.161. The molecule has 0 amide bonds. The molecule has 0 radical (unpaired) electrons. The average Bonchev–Trinajstić information content (AvgIpc) is 2.40. The van der Waals surface area contributed by atoms with Gasteiger partial charge in [-0.3, -0.25) is 4.79 Å². The summed E-state index contributed by atoms with van der Waals surface area (Å²) in [5.74, 6) is -0.315. The Bertz CT molecular complexity index is 450. The highest BCUT2D eigenvalue weighted by Gasteiger charge is 2.24. The van der Waals surface area contributed by atoms with Crippen molar-refractivity contribution in [2.75, 3.05) is 19.6 Å². The molecular formula is C15H20FNO2. The van der Waals surface area contributed by atoms with Gasteiger partial charge in [0.25, 0.3) is 0 Å². The van der Waals surface area contributed by atoms with Gasteiger partial charge < -0.3 is 10.0 Å². The summed E-state index contributed by atoms with van der Waals surface area (Å²) < 4.78 is 13.4. The maximum atomic E-state index is 13.4. The van der Waals surface area contributed by atoms with Crippen molar-refractivity contribution in [3.8, 4) is 0 Å². The fraction of sp³-hybridized carbons (Fsp3) is 0.533. The summed E-state index contributed by atoms with van der Waals surface area (Å²) in [7, 11) is 0. The van der Waals surface area contributed by atoms with Crippen molar-refractivity contribution in [2.24, 2.45) is 5.92 Å². The van der Waals surface area contributed by atoms with Crippen LogP contribution >= 0.6 is 0 Å². The second kappa shape index (κ2) is 6.26. The molecule has 19 heavy (non-hydrogen) atoms. The highest BCUT2D eigenvalue weighted by molar-refractivity contribution is 5.96. The molecule has 1 saturated heterocycles. The Morgan fingerprint density at radius 3 is 2.89 bits per heavy atom. The maximum Gasteiger partial charge on any atom is 0.167 e. The van der Waals surface area contributed by atoms with Crippen LogP contribution in [0.3, 0.4) is 0 Å². The zero-order valence-corrected chi connectivity index (χ0v) is 11.2. The van der Waals surface area contributed by atoms with Crippen molar-refractivity contribution in [3.05, 3.63) is 35.6 Å². The van der Waals surface area contributed by atoms with E-state index >= 15 is 0 Å². The van der Waals surface area contributed by atoms with E-state index in [0.29, 0.717) is 25.4 Å². The number of aliphatic hydroxyl groups excluding tert-OH is 1. The molecule has 1 N–H and O–H groups in total. The molecule has 1 aliphatic heterocycles. The third-order valence-electron chi connectivity index (χ3n) is 3.83. The molecule has 0 saturated carbocycles. The minimum Gasteiger partial charge on any atom is -0.392 e. The van der Waals surface area contributed by atoms with Crippen LogP contribution in [0.2, 0.25) is 0 Å². The van der Waals surface area contributed by atoms with Gasteiger partial charge in [-0.05, 0) is 31.0 Å². The predicted octanol–water partition coefficient (Wildman–Crippen LogP) is 2.10. The Morgan fingerprint density at radius 1 is 1.47 bits per heavy atom. The van der Waals surface area contributed by atoms with Gasteiger partial charge in [0.15, 0.2) is 5.78 Å². The van der Waals surface area contributed by atoms with Crippen molar-refractivity contribution >= 4 is 5.78 Å². The van der Waals surface area contributed by atoms with Crippen LogP contribution in [0, 0.1) is 11.7 Å². The van der Waals surface area contributed by atoms with Gasteiger partial charge in [-0.1, -0.05) is 19.1 Å². The molecule has 1 aromatic carbocycles. The fourth-order valence-corrected chi connectivity index (χ4v) is 2.40. The summed E-state index contributed by atoms with van der Waals surface area (Å²) >= 11 is 0. The van der Waals surface area contributed by atoms with Crippen LogP contribution in [0.5, 0.6) is 0 Å². The normalized spacial score (nSPS) is 24.4. The van der Waals surface area contributed by atoms with E-state index in [4.69, 9.17) is 0 Å². The molecule has 0 spiro atoms. The van der Waals surface area contributed by atoms with Gasteiger partial charge in [0.2, 0.25) is 0 Å². The number of β-amino-alcohol motifs (C(OH)–C–C–N with tert-alkyl or cyclic N) is 1. The van der Waals surface area contributed by atoms with Crippen LogP contribution in [-0.2, 0) is 0 Å². The first-order valence-corrected chi connectivity index (χ1v) is 6.76. The second-order valence-electron chi connectivity index (χ2n) is 5.29. The predicted molar refractivity (Wildman–Crippen MR) is 71.6 cm³/mol. The minimum absolute atomic E-state index is 0.161. The largest absolute Gasteiger partial charge is 0.392 e. The lowest BCUT2D eigenvalue weighted by Crippen LogP contribution is -2.43. The van der Waals surface area contributed by atoms with Crippen LogP contribution in [-0.4, -0.2) is 41.5 Å². The topological polar surface area (TPSA) is 40.5 Å². The lowest BCUT2D eigenvalue weighted by molar-refractivity contribution is 0.0287. The van der Waals surface area contributed by atoms with E-state index in [1.54, 1.807) is 12.1 Å². The Labute approximate surface area is 113 Å². The smallest absolute Gasteiger partial charge is 0.167 e. The zero-order valence-electron chi connectivity index (χ0n) is 11.2. The molecule has 0 aliphatic carbocycles. The average molecular weight is 265 g/mol. The third kappa shape index (κ3) is 3.61. The second-order valence-corrected chi connectivity index (χ2v) is 5.29. The highest BCUT2D eigenvalue weighted by atomic mass is 19.1. The van der Waals surface area contributed by atoms with Gasteiger partial charge in [0, 0.05) is 19.5 Å². The van der Waals surface area contributed by atoms with Gasteiger partial charge in [0.1, 0.15) is 5.82 Å². The molecule has 0 bridgehead atoms. The maximum absolute atomic E-state index is 13.4. The van der Waals surface area contributed by atoms with Gasteiger partial charge in [-0.25, -0.2) is 4.39 Å². The monoisotopic (exact) mass is 265 g/mol. The van der Waals surface area contributed by atoms with Crippen LogP contribution in [0.25, 0.3) is 0 Å². The van der Waals surface area contributed by atoms with E-state index in [9.17, 15) is 14.3 Å². The summed E-state index contributed by atoms with van der Waals surface area (Å²) in [6.07, 6.45) is 0.911.